The number of guanidine groups is 1. The lowest BCUT2D eigenvalue weighted by Crippen LogP contribution is -2.44. The highest BCUT2D eigenvalue weighted by atomic mass is 16.6. The molecule has 7 heteroatoms. The molecule has 0 aliphatic carbocycles. The topological polar surface area (TPSA) is 87.9 Å². The van der Waals surface area contributed by atoms with Crippen LogP contribution < -0.4 is 16.0 Å². The highest BCUT2D eigenvalue weighted by Crippen LogP contribution is 2.14. The van der Waals surface area contributed by atoms with E-state index in [1.165, 1.54) is 0 Å². The van der Waals surface area contributed by atoms with Crippen molar-refractivity contribution in [1.29, 1.82) is 0 Å². The van der Waals surface area contributed by atoms with Crippen LogP contribution in [0, 0.1) is 0 Å². The van der Waals surface area contributed by atoms with Crippen molar-refractivity contribution in [3.8, 4) is 0 Å². The monoisotopic (exact) mass is 386 g/mol. The van der Waals surface area contributed by atoms with Gasteiger partial charge in [-0.1, -0.05) is 30.3 Å². The SMILES string of the molecule is CCNC(=NCc1ccco1)NCC(NC(=O)OC(C)(C)C)c1ccccc1. The second kappa shape index (κ2) is 10.4. The molecule has 1 unspecified atom stereocenters. The first-order chi connectivity index (χ1) is 13.4. The Bertz CT molecular complexity index is 737. The third-order valence-electron chi connectivity index (χ3n) is 3.68. The first-order valence-corrected chi connectivity index (χ1v) is 9.46. The molecule has 0 aliphatic heterocycles. The number of nitrogens with one attached hydrogen (secondary N) is 3. The van der Waals surface area contributed by atoms with E-state index in [9.17, 15) is 4.79 Å². The van der Waals surface area contributed by atoms with Crippen LogP contribution in [0.2, 0.25) is 0 Å². The molecule has 0 fully saturated rings. The first-order valence-electron chi connectivity index (χ1n) is 9.46. The molecule has 7 nitrogen and oxygen atoms in total. The summed E-state index contributed by atoms with van der Waals surface area (Å²) in [6, 6.07) is 13.2. The molecule has 3 N–H and O–H groups in total. The summed E-state index contributed by atoms with van der Waals surface area (Å²) in [6.07, 6.45) is 1.17. The summed E-state index contributed by atoms with van der Waals surface area (Å²) < 4.78 is 10.7. The van der Waals surface area contributed by atoms with Crippen LogP contribution in [-0.4, -0.2) is 30.7 Å². The number of aliphatic imine (C=N–C) groups is 1. The first kappa shape index (κ1) is 21.3. The normalized spacial score (nSPS) is 12.9. The van der Waals surface area contributed by atoms with Gasteiger partial charge in [-0.05, 0) is 45.4 Å². The number of amides is 1. The number of rotatable bonds is 7. The van der Waals surface area contributed by atoms with Gasteiger partial charge in [0.2, 0.25) is 0 Å². The molecule has 0 radical (unpaired) electrons. The van der Waals surface area contributed by atoms with Gasteiger partial charge in [0.1, 0.15) is 17.9 Å². The number of alkyl carbamates (subject to hydrolysis) is 1. The van der Waals surface area contributed by atoms with Crippen LogP contribution in [-0.2, 0) is 11.3 Å². The molecule has 0 saturated carbocycles. The Labute approximate surface area is 166 Å². The van der Waals surface area contributed by atoms with E-state index in [1.807, 2.05) is 70.2 Å². The molecule has 1 aromatic heterocycles. The molecule has 1 atom stereocenters. The average molecular weight is 386 g/mol. The second-order valence-corrected chi connectivity index (χ2v) is 7.26. The molecule has 2 aromatic rings. The fourth-order valence-corrected chi connectivity index (χ4v) is 2.49. The van der Waals surface area contributed by atoms with Crippen LogP contribution in [0.25, 0.3) is 0 Å². The lowest BCUT2D eigenvalue weighted by Gasteiger charge is -2.24. The molecule has 1 amide bonds. The van der Waals surface area contributed by atoms with E-state index in [1.54, 1.807) is 6.26 Å². The van der Waals surface area contributed by atoms with Crippen LogP contribution in [0.4, 0.5) is 4.79 Å². The second-order valence-electron chi connectivity index (χ2n) is 7.26. The Morgan fingerprint density at radius 1 is 1.14 bits per heavy atom. The van der Waals surface area contributed by atoms with Gasteiger partial charge in [-0.3, -0.25) is 0 Å². The van der Waals surface area contributed by atoms with Crippen molar-refractivity contribution in [3.63, 3.8) is 0 Å². The smallest absolute Gasteiger partial charge is 0.408 e. The minimum atomic E-state index is -0.557. The van der Waals surface area contributed by atoms with Gasteiger partial charge in [0.15, 0.2) is 5.96 Å². The van der Waals surface area contributed by atoms with E-state index in [4.69, 9.17) is 9.15 Å². The predicted molar refractivity (Wildman–Crippen MR) is 110 cm³/mol. The van der Waals surface area contributed by atoms with Gasteiger partial charge >= 0.3 is 6.09 Å². The molecule has 1 aromatic carbocycles. The van der Waals surface area contributed by atoms with Gasteiger partial charge < -0.3 is 25.1 Å². The van der Waals surface area contributed by atoms with Crippen molar-refractivity contribution in [3.05, 3.63) is 60.1 Å². The Hall–Kier alpha value is -2.96. The van der Waals surface area contributed by atoms with Crippen molar-refractivity contribution in [2.75, 3.05) is 13.1 Å². The minimum Gasteiger partial charge on any atom is -0.467 e. The summed E-state index contributed by atoms with van der Waals surface area (Å²) in [5, 5.41) is 9.41. The summed E-state index contributed by atoms with van der Waals surface area (Å²) in [5.74, 6) is 1.43. The number of hydrogen-bond donors (Lipinski definition) is 3. The van der Waals surface area contributed by atoms with Gasteiger partial charge in [0.25, 0.3) is 0 Å². The molecule has 2 rings (SSSR count). The summed E-state index contributed by atoms with van der Waals surface area (Å²) in [5.41, 5.74) is 0.417. The quantitative estimate of drug-likeness (QED) is 0.500. The van der Waals surface area contributed by atoms with Crippen LogP contribution in [0.1, 0.15) is 45.1 Å². The fourth-order valence-electron chi connectivity index (χ4n) is 2.49. The maximum atomic E-state index is 12.3. The van der Waals surface area contributed by atoms with Gasteiger partial charge in [-0.25, -0.2) is 9.79 Å². The number of benzene rings is 1. The number of hydrogen-bond acceptors (Lipinski definition) is 4. The zero-order valence-corrected chi connectivity index (χ0v) is 17.0. The molecule has 1 heterocycles. The van der Waals surface area contributed by atoms with E-state index >= 15 is 0 Å². The van der Waals surface area contributed by atoms with E-state index < -0.39 is 11.7 Å². The van der Waals surface area contributed by atoms with Crippen molar-refractivity contribution in [2.24, 2.45) is 4.99 Å². The lowest BCUT2D eigenvalue weighted by molar-refractivity contribution is 0.0504. The Morgan fingerprint density at radius 2 is 1.89 bits per heavy atom. The highest BCUT2D eigenvalue weighted by molar-refractivity contribution is 5.79. The molecule has 0 spiro atoms. The average Bonchev–Trinajstić information content (AvgIpc) is 3.15. The molecule has 0 saturated heterocycles. The van der Waals surface area contributed by atoms with Crippen molar-refractivity contribution in [2.45, 2.75) is 45.9 Å². The fraction of sp³-hybridized carbons (Fsp3) is 0.429. The Kier molecular flexibility index (Phi) is 7.92. The molecule has 0 bridgehead atoms. The predicted octanol–water partition coefficient (Wildman–Crippen LogP) is 3.60. The summed E-state index contributed by atoms with van der Waals surface area (Å²) >= 11 is 0. The highest BCUT2D eigenvalue weighted by Gasteiger charge is 2.20. The van der Waals surface area contributed by atoms with Gasteiger partial charge in [0, 0.05) is 13.1 Å². The van der Waals surface area contributed by atoms with Gasteiger partial charge in [-0.15, -0.1) is 0 Å². The van der Waals surface area contributed by atoms with Crippen LogP contribution in [0.3, 0.4) is 0 Å². The largest absolute Gasteiger partial charge is 0.467 e. The molecule has 0 aliphatic rings. The molecule has 28 heavy (non-hydrogen) atoms. The standard InChI is InChI=1S/C21H30N4O3/c1-5-22-19(23-14-17-12-9-13-27-17)24-15-18(16-10-7-6-8-11-16)25-20(26)28-21(2,3)4/h6-13,18H,5,14-15H2,1-4H3,(H,25,26)(H2,22,23,24). The zero-order valence-electron chi connectivity index (χ0n) is 17.0. The van der Waals surface area contributed by atoms with E-state index in [-0.39, 0.29) is 6.04 Å². The molecular formula is C21H30N4O3. The third kappa shape index (κ3) is 7.73. The van der Waals surface area contributed by atoms with Crippen LogP contribution in [0.5, 0.6) is 0 Å². The third-order valence-corrected chi connectivity index (χ3v) is 3.68. The summed E-state index contributed by atoms with van der Waals surface area (Å²) in [7, 11) is 0. The number of ether oxygens (including phenoxy) is 1. The minimum absolute atomic E-state index is 0.275. The lowest BCUT2D eigenvalue weighted by atomic mass is 10.1. The van der Waals surface area contributed by atoms with Crippen LogP contribution >= 0.6 is 0 Å². The molecular weight excluding hydrogens is 356 g/mol. The maximum Gasteiger partial charge on any atom is 0.408 e. The van der Waals surface area contributed by atoms with Gasteiger partial charge in [0.05, 0.1) is 12.3 Å². The van der Waals surface area contributed by atoms with Crippen molar-refractivity contribution >= 4 is 12.1 Å². The number of carbonyl (C=O) groups excluding carboxylic acids is 1. The van der Waals surface area contributed by atoms with Crippen molar-refractivity contribution in [1.82, 2.24) is 16.0 Å². The van der Waals surface area contributed by atoms with E-state index in [0.29, 0.717) is 19.0 Å². The summed E-state index contributed by atoms with van der Waals surface area (Å²) in [4.78, 5) is 16.8. The van der Waals surface area contributed by atoms with Gasteiger partial charge in [-0.2, -0.15) is 0 Å². The Morgan fingerprint density at radius 3 is 2.50 bits per heavy atom. The summed E-state index contributed by atoms with van der Waals surface area (Å²) in [6.45, 7) is 9.12. The van der Waals surface area contributed by atoms with Crippen molar-refractivity contribution < 1.29 is 13.9 Å². The van der Waals surface area contributed by atoms with E-state index in [2.05, 4.69) is 20.9 Å². The van der Waals surface area contributed by atoms with E-state index in [0.717, 1.165) is 17.9 Å². The number of carbonyl (C=O) groups is 1. The number of nitrogens with zero attached hydrogens (tertiary/aromatic N) is 1. The Balaban J connectivity index is 2.05. The van der Waals surface area contributed by atoms with Crippen LogP contribution in [0.15, 0.2) is 58.1 Å². The maximum absolute atomic E-state index is 12.3. The number of furan rings is 1. The zero-order chi connectivity index (χ0) is 20.4. The molecule has 152 valence electrons.